The van der Waals surface area contributed by atoms with Crippen LogP contribution in [-0.4, -0.2) is 22.0 Å². The molecule has 3 rings (SSSR count). The van der Waals surface area contributed by atoms with Crippen LogP contribution in [0.25, 0.3) is 10.2 Å². The molecule has 8 heteroatoms. The number of carbonyl (C=O) groups is 1. The van der Waals surface area contributed by atoms with Crippen molar-refractivity contribution < 1.29 is 14.5 Å². The number of nitro benzene ring substituents is 1. The minimum absolute atomic E-state index is 0.138. The van der Waals surface area contributed by atoms with E-state index in [0.717, 1.165) is 10.2 Å². The van der Waals surface area contributed by atoms with E-state index in [4.69, 9.17) is 11.2 Å². The second kappa shape index (κ2) is 7.85. The fraction of sp³-hybridized carbons (Fsp3) is 0.158. The predicted molar refractivity (Wildman–Crippen MR) is 103 cm³/mol. The van der Waals surface area contributed by atoms with E-state index in [1.807, 2.05) is 25.1 Å². The molecule has 0 fully saturated rings. The first kappa shape index (κ1) is 18.4. The molecule has 0 atom stereocenters. The number of aromatic nitrogens is 1. The summed E-state index contributed by atoms with van der Waals surface area (Å²) >= 11 is 1.30. The predicted octanol–water partition coefficient (Wildman–Crippen LogP) is 3.38. The van der Waals surface area contributed by atoms with E-state index < -0.39 is 10.8 Å². The Labute approximate surface area is 158 Å². The van der Waals surface area contributed by atoms with E-state index in [0.29, 0.717) is 17.2 Å². The van der Waals surface area contributed by atoms with Gasteiger partial charge in [-0.2, -0.15) is 4.99 Å². The van der Waals surface area contributed by atoms with Crippen LogP contribution in [-0.2, 0) is 6.54 Å². The highest BCUT2D eigenvalue weighted by molar-refractivity contribution is 7.16. The van der Waals surface area contributed by atoms with Gasteiger partial charge in [0, 0.05) is 17.7 Å². The molecule has 0 saturated heterocycles. The summed E-state index contributed by atoms with van der Waals surface area (Å²) in [6.07, 6.45) is 5.49. The van der Waals surface area contributed by atoms with Crippen molar-refractivity contribution in [3.05, 3.63) is 62.9 Å². The maximum atomic E-state index is 12.6. The second-order valence-electron chi connectivity index (χ2n) is 5.44. The zero-order valence-corrected chi connectivity index (χ0v) is 15.2. The van der Waals surface area contributed by atoms with Gasteiger partial charge in [0.2, 0.25) is 0 Å². The highest BCUT2D eigenvalue weighted by Crippen LogP contribution is 2.27. The summed E-state index contributed by atoms with van der Waals surface area (Å²) in [4.78, 5) is 27.5. The quantitative estimate of drug-likeness (QED) is 0.385. The fourth-order valence-corrected chi connectivity index (χ4v) is 3.64. The lowest BCUT2D eigenvalue weighted by Gasteiger charge is -2.07. The molecular weight excluding hydrogens is 366 g/mol. The minimum Gasteiger partial charge on any atom is -0.492 e. The van der Waals surface area contributed by atoms with Crippen molar-refractivity contribution in [1.29, 1.82) is 0 Å². The van der Waals surface area contributed by atoms with Crippen LogP contribution in [0.4, 0.5) is 5.69 Å². The molecule has 3 aromatic rings. The maximum Gasteiger partial charge on any atom is 0.279 e. The van der Waals surface area contributed by atoms with Crippen molar-refractivity contribution in [2.45, 2.75) is 13.5 Å². The van der Waals surface area contributed by atoms with Gasteiger partial charge in [0.05, 0.1) is 22.8 Å². The van der Waals surface area contributed by atoms with E-state index in [1.54, 1.807) is 4.57 Å². The molecule has 0 saturated carbocycles. The van der Waals surface area contributed by atoms with Crippen molar-refractivity contribution in [2.75, 3.05) is 6.61 Å². The minimum atomic E-state index is -0.575. The smallest absolute Gasteiger partial charge is 0.279 e. The number of hydrogen-bond acceptors (Lipinski definition) is 5. The van der Waals surface area contributed by atoms with Crippen molar-refractivity contribution in [3.8, 4) is 18.1 Å². The molecule has 0 spiro atoms. The number of hydrogen-bond donors (Lipinski definition) is 0. The van der Waals surface area contributed by atoms with Crippen molar-refractivity contribution in [1.82, 2.24) is 4.57 Å². The normalized spacial score (nSPS) is 11.3. The maximum absolute atomic E-state index is 12.6. The van der Waals surface area contributed by atoms with Gasteiger partial charge in [0.15, 0.2) is 4.80 Å². The number of benzene rings is 2. The largest absolute Gasteiger partial charge is 0.492 e. The third kappa shape index (κ3) is 3.73. The lowest BCUT2D eigenvalue weighted by atomic mass is 10.2. The first-order valence-corrected chi connectivity index (χ1v) is 8.89. The zero-order valence-electron chi connectivity index (χ0n) is 14.4. The number of rotatable bonds is 5. The van der Waals surface area contributed by atoms with Crippen molar-refractivity contribution in [3.63, 3.8) is 0 Å². The standard InChI is InChI=1S/C19H15N3O4S/c1-3-11-21-17-15(26-4-2)9-6-10-16(17)27-19(21)20-18(23)13-7-5-8-14(12-13)22(24)25/h1,5-10,12H,4,11H2,2H3. The monoisotopic (exact) mass is 381 g/mol. The van der Waals surface area contributed by atoms with Crippen LogP contribution < -0.4 is 9.54 Å². The summed E-state index contributed by atoms with van der Waals surface area (Å²) < 4.78 is 8.28. The molecule has 7 nitrogen and oxygen atoms in total. The molecule has 0 N–H and O–H groups in total. The Morgan fingerprint density at radius 3 is 2.85 bits per heavy atom. The van der Waals surface area contributed by atoms with E-state index in [-0.39, 0.29) is 17.8 Å². The number of non-ortho nitro benzene ring substituents is 1. The molecule has 27 heavy (non-hydrogen) atoms. The zero-order chi connectivity index (χ0) is 19.4. The molecule has 1 aromatic heterocycles. The van der Waals surface area contributed by atoms with Gasteiger partial charge >= 0.3 is 0 Å². The van der Waals surface area contributed by atoms with Crippen LogP contribution in [0.5, 0.6) is 5.75 Å². The molecule has 0 aliphatic rings. The van der Waals surface area contributed by atoms with Gasteiger partial charge in [0.25, 0.3) is 11.6 Å². The second-order valence-corrected chi connectivity index (χ2v) is 6.44. The summed E-state index contributed by atoms with van der Waals surface area (Å²) in [6, 6.07) is 11.1. The average Bonchev–Trinajstić information content (AvgIpc) is 3.00. The van der Waals surface area contributed by atoms with Crippen LogP contribution in [0.1, 0.15) is 17.3 Å². The highest BCUT2D eigenvalue weighted by atomic mass is 32.1. The third-order valence-corrected chi connectivity index (χ3v) is 4.76. The lowest BCUT2D eigenvalue weighted by Crippen LogP contribution is -2.17. The Morgan fingerprint density at radius 1 is 1.37 bits per heavy atom. The molecule has 0 bridgehead atoms. The van der Waals surface area contributed by atoms with Crippen LogP contribution in [0.15, 0.2) is 47.5 Å². The SMILES string of the molecule is C#CCn1c(=NC(=O)c2cccc([N+](=O)[O-])c2)sc2cccc(OCC)c21. The van der Waals surface area contributed by atoms with Crippen LogP contribution in [0.2, 0.25) is 0 Å². The van der Waals surface area contributed by atoms with Gasteiger partial charge in [-0.05, 0) is 25.1 Å². The molecule has 0 radical (unpaired) electrons. The van der Waals surface area contributed by atoms with Crippen LogP contribution in [0.3, 0.4) is 0 Å². The van der Waals surface area contributed by atoms with Crippen LogP contribution >= 0.6 is 11.3 Å². The van der Waals surface area contributed by atoms with Crippen molar-refractivity contribution in [2.24, 2.45) is 4.99 Å². The number of nitrogens with zero attached hydrogens (tertiary/aromatic N) is 3. The molecule has 1 heterocycles. The number of thiazole rings is 1. The Bertz CT molecular complexity index is 1140. The van der Waals surface area contributed by atoms with Crippen LogP contribution in [0, 0.1) is 22.5 Å². The van der Waals surface area contributed by atoms with E-state index in [9.17, 15) is 14.9 Å². The molecule has 1 amide bonds. The Hall–Kier alpha value is -3.44. The highest BCUT2D eigenvalue weighted by Gasteiger charge is 2.14. The number of nitro groups is 1. The summed E-state index contributed by atoms with van der Waals surface area (Å²) in [7, 11) is 0. The summed E-state index contributed by atoms with van der Waals surface area (Å²) in [5.74, 6) is 2.65. The molecule has 0 unspecified atom stereocenters. The number of terminal acetylenes is 1. The van der Waals surface area contributed by atoms with Gasteiger partial charge in [-0.15, -0.1) is 6.42 Å². The number of para-hydroxylation sites is 1. The van der Waals surface area contributed by atoms with E-state index in [2.05, 4.69) is 10.9 Å². The number of amides is 1. The summed E-state index contributed by atoms with van der Waals surface area (Å²) in [6.45, 7) is 2.59. The summed E-state index contributed by atoms with van der Waals surface area (Å²) in [5, 5.41) is 10.9. The first-order valence-electron chi connectivity index (χ1n) is 8.07. The Kier molecular flexibility index (Phi) is 5.33. The third-order valence-electron chi connectivity index (χ3n) is 3.71. The van der Waals surface area contributed by atoms with Gasteiger partial charge in [-0.3, -0.25) is 14.9 Å². The Morgan fingerprint density at radius 2 is 2.15 bits per heavy atom. The number of fused-ring (bicyclic) bond motifs is 1. The molecule has 2 aromatic carbocycles. The van der Waals surface area contributed by atoms with Gasteiger partial charge in [-0.1, -0.05) is 29.4 Å². The Balaban J connectivity index is 2.15. The van der Waals surface area contributed by atoms with E-state index in [1.165, 1.54) is 35.6 Å². The topological polar surface area (TPSA) is 86.7 Å². The van der Waals surface area contributed by atoms with Gasteiger partial charge < -0.3 is 9.30 Å². The number of ether oxygens (including phenoxy) is 1. The molecule has 136 valence electrons. The van der Waals surface area contributed by atoms with E-state index >= 15 is 0 Å². The lowest BCUT2D eigenvalue weighted by molar-refractivity contribution is -0.384. The average molecular weight is 381 g/mol. The van der Waals surface area contributed by atoms with Gasteiger partial charge in [0.1, 0.15) is 11.3 Å². The van der Waals surface area contributed by atoms with Gasteiger partial charge in [-0.25, -0.2) is 0 Å². The molecule has 0 aliphatic carbocycles. The fourth-order valence-electron chi connectivity index (χ4n) is 2.60. The van der Waals surface area contributed by atoms with Crippen molar-refractivity contribution >= 4 is 33.1 Å². The molecule has 0 aliphatic heterocycles. The molecular formula is C19H15N3O4S. The first-order chi connectivity index (χ1) is 13.0. The number of carbonyl (C=O) groups excluding carboxylic acids is 1. The summed E-state index contributed by atoms with van der Waals surface area (Å²) in [5.41, 5.74) is 0.745.